The molecule has 3 heterocycles. The van der Waals surface area contributed by atoms with Crippen molar-refractivity contribution >= 4 is 12.4 Å². The molecule has 130 valence electrons. The third-order valence-electron chi connectivity index (χ3n) is 5.45. The molecular weight excluding hydrogens is 330 g/mol. The Morgan fingerprint density at radius 1 is 0.880 bits per heavy atom. The number of rotatable bonds is 2. The first-order valence-corrected chi connectivity index (χ1v) is 8.86. The lowest BCUT2D eigenvalue weighted by Gasteiger charge is -2.43. The highest BCUT2D eigenvalue weighted by Crippen LogP contribution is 2.33. The third-order valence-corrected chi connectivity index (χ3v) is 5.45. The van der Waals surface area contributed by atoms with Crippen molar-refractivity contribution in [3.8, 4) is 11.8 Å². The van der Waals surface area contributed by atoms with Gasteiger partial charge in [0.05, 0.1) is 6.04 Å². The van der Waals surface area contributed by atoms with Gasteiger partial charge in [0.1, 0.15) is 0 Å². The molecule has 0 amide bonds. The van der Waals surface area contributed by atoms with Gasteiger partial charge in [0.25, 0.3) is 0 Å². The minimum atomic E-state index is -1.25. The van der Waals surface area contributed by atoms with Crippen LogP contribution in [0, 0.1) is 17.8 Å². The van der Waals surface area contributed by atoms with E-state index in [1.165, 1.54) is 12.8 Å². The van der Waals surface area contributed by atoms with Crippen LogP contribution in [0.4, 0.5) is 0 Å². The van der Waals surface area contributed by atoms with E-state index < -0.39 is 5.60 Å². The number of benzene rings is 2. The number of hydrogen-bond donors (Lipinski definition) is 1. The van der Waals surface area contributed by atoms with Crippen LogP contribution in [0.3, 0.4) is 0 Å². The van der Waals surface area contributed by atoms with Crippen molar-refractivity contribution in [1.82, 2.24) is 4.90 Å². The highest BCUT2D eigenvalue weighted by atomic mass is 35.5. The van der Waals surface area contributed by atoms with Gasteiger partial charge >= 0.3 is 0 Å². The van der Waals surface area contributed by atoms with Crippen molar-refractivity contribution in [2.45, 2.75) is 30.9 Å². The molecular formula is C22H24ClNO. The lowest BCUT2D eigenvalue weighted by molar-refractivity contribution is 0.0774. The minimum Gasteiger partial charge on any atom is -0.369 e. The van der Waals surface area contributed by atoms with E-state index in [-0.39, 0.29) is 18.4 Å². The normalized spacial score (nSPS) is 24.8. The SMILES string of the molecule is Cl.OC(C#CC1CC2CCN1CC2)(c1ccccc1)c1ccccc1. The molecule has 3 aliphatic rings. The van der Waals surface area contributed by atoms with E-state index in [0.29, 0.717) is 0 Å². The van der Waals surface area contributed by atoms with Crippen molar-refractivity contribution in [2.75, 3.05) is 13.1 Å². The van der Waals surface area contributed by atoms with Gasteiger partial charge < -0.3 is 5.11 Å². The number of piperidine rings is 3. The van der Waals surface area contributed by atoms with Crippen LogP contribution in [0.2, 0.25) is 0 Å². The Morgan fingerprint density at radius 2 is 1.40 bits per heavy atom. The van der Waals surface area contributed by atoms with Crippen molar-refractivity contribution < 1.29 is 5.11 Å². The maximum atomic E-state index is 11.5. The number of fused-ring (bicyclic) bond motifs is 3. The van der Waals surface area contributed by atoms with E-state index in [0.717, 1.165) is 36.6 Å². The highest BCUT2D eigenvalue weighted by molar-refractivity contribution is 5.85. The van der Waals surface area contributed by atoms with Crippen molar-refractivity contribution in [3.05, 3.63) is 71.8 Å². The van der Waals surface area contributed by atoms with Gasteiger partial charge in [-0.3, -0.25) is 4.90 Å². The second-order valence-corrected chi connectivity index (χ2v) is 6.94. The summed E-state index contributed by atoms with van der Waals surface area (Å²) in [4.78, 5) is 2.48. The summed E-state index contributed by atoms with van der Waals surface area (Å²) in [6.45, 7) is 2.30. The zero-order valence-electron chi connectivity index (χ0n) is 14.3. The first-order chi connectivity index (χ1) is 11.8. The molecule has 1 N–H and O–H groups in total. The first kappa shape index (κ1) is 18.0. The van der Waals surface area contributed by atoms with Crippen LogP contribution >= 0.6 is 12.4 Å². The van der Waals surface area contributed by atoms with Gasteiger partial charge in [-0.2, -0.15) is 0 Å². The summed E-state index contributed by atoms with van der Waals surface area (Å²) in [5, 5.41) is 11.5. The van der Waals surface area contributed by atoms with Gasteiger partial charge in [-0.15, -0.1) is 12.4 Å². The lowest BCUT2D eigenvalue weighted by atomic mass is 9.82. The summed E-state index contributed by atoms with van der Waals surface area (Å²) in [5.41, 5.74) is 0.416. The topological polar surface area (TPSA) is 23.5 Å². The van der Waals surface area contributed by atoms with E-state index in [4.69, 9.17) is 0 Å². The maximum Gasteiger partial charge on any atom is 0.176 e. The smallest absolute Gasteiger partial charge is 0.176 e. The summed E-state index contributed by atoms with van der Waals surface area (Å²) in [5.74, 6) is 7.48. The van der Waals surface area contributed by atoms with Crippen LogP contribution in [0.15, 0.2) is 60.7 Å². The van der Waals surface area contributed by atoms with Crippen LogP contribution in [0.1, 0.15) is 30.4 Å². The predicted octanol–water partition coefficient (Wildman–Crippen LogP) is 3.83. The Labute approximate surface area is 156 Å². The largest absolute Gasteiger partial charge is 0.369 e. The Kier molecular flexibility index (Phi) is 5.49. The van der Waals surface area contributed by atoms with Crippen LogP contribution in [-0.4, -0.2) is 29.1 Å². The molecule has 0 spiro atoms. The zero-order valence-corrected chi connectivity index (χ0v) is 15.1. The molecule has 3 aliphatic heterocycles. The molecule has 2 aromatic rings. The monoisotopic (exact) mass is 353 g/mol. The van der Waals surface area contributed by atoms with Crippen LogP contribution < -0.4 is 0 Å². The number of hydrogen-bond acceptors (Lipinski definition) is 2. The Morgan fingerprint density at radius 3 is 1.84 bits per heavy atom. The van der Waals surface area contributed by atoms with E-state index in [9.17, 15) is 5.11 Å². The standard InChI is InChI=1S/C22H23NO.ClH/c24-22(19-7-3-1-4-8-19,20-9-5-2-6-10-20)14-11-21-17-18-12-15-23(21)16-13-18;/h1-10,18,21,24H,12-13,15-17H2;1H. The van der Waals surface area contributed by atoms with Gasteiger partial charge in [-0.05, 0) is 38.3 Å². The molecule has 1 atom stereocenters. The second-order valence-electron chi connectivity index (χ2n) is 6.94. The minimum absolute atomic E-state index is 0. The predicted molar refractivity (Wildman–Crippen MR) is 104 cm³/mol. The summed E-state index contributed by atoms with van der Waals surface area (Å²) in [6, 6.07) is 19.9. The first-order valence-electron chi connectivity index (χ1n) is 8.86. The quantitative estimate of drug-likeness (QED) is 0.829. The maximum absolute atomic E-state index is 11.5. The summed E-state index contributed by atoms with van der Waals surface area (Å²) in [7, 11) is 0. The lowest BCUT2D eigenvalue weighted by Crippen LogP contribution is -2.48. The van der Waals surface area contributed by atoms with E-state index in [1.54, 1.807) is 0 Å². The molecule has 2 aromatic carbocycles. The number of aliphatic hydroxyl groups is 1. The average Bonchev–Trinajstić information content (AvgIpc) is 2.68. The molecule has 25 heavy (non-hydrogen) atoms. The zero-order chi connectivity index (χ0) is 16.4. The van der Waals surface area contributed by atoms with E-state index in [2.05, 4.69) is 16.7 Å². The molecule has 0 radical (unpaired) electrons. The van der Waals surface area contributed by atoms with Crippen LogP contribution in [0.25, 0.3) is 0 Å². The Bertz CT molecular complexity index is 702. The van der Waals surface area contributed by atoms with Crippen molar-refractivity contribution in [2.24, 2.45) is 5.92 Å². The van der Waals surface area contributed by atoms with Crippen molar-refractivity contribution in [3.63, 3.8) is 0 Å². The van der Waals surface area contributed by atoms with Gasteiger partial charge in [0.15, 0.2) is 5.60 Å². The fraction of sp³-hybridized carbons (Fsp3) is 0.364. The van der Waals surface area contributed by atoms with Gasteiger partial charge in [0.2, 0.25) is 0 Å². The molecule has 3 saturated heterocycles. The van der Waals surface area contributed by atoms with Crippen molar-refractivity contribution in [1.29, 1.82) is 0 Å². The molecule has 3 fully saturated rings. The third kappa shape index (κ3) is 3.60. The van der Waals surface area contributed by atoms with Gasteiger partial charge in [-0.1, -0.05) is 72.5 Å². The average molecular weight is 354 g/mol. The fourth-order valence-corrected chi connectivity index (χ4v) is 3.97. The molecule has 5 rings (SSSR count). The molecule has 2 bridgehead atoms. The Hall–Kier alpha value is -1.79. The van der Waals surface area contributed by atoms with Crippen LogP contribution in [0.5, 0.6) is 0 Å². The molecule has 0 saturated carbocycles. The van der Waals surface area contributed by atoms with Gasteiger partial charge in [-0.25, -0.2) is 0 Å². The molecule has 0 aliphatic carbocycles. The number of halogens is 1. The Balaban J connectivity index is 0.00000182. The molecule has 1 unspecified atom stereocenters. The second kappa shape index (κ2) is 7.62. The highest BCUT2D eigenvalue weighted by Gasteiger charge is 2.34. The molecule has 0 aromatic heterocycles. The molecule has 2 nitrogen and oxygen atoms in total. The fourth-order valence-electron chi connectivity index (χ4n) is 3.97. The van der Waals surface area contributed by atoms with E-state index >= 15 is 0 Å². The molecule has 3 heteroatoms. The van der Waals surface area contributed by atoms with Crippen LogP contribution in [-0.2, 0) is 5.60 Å². The summed E-state index contributed by atoms with van der Waals surface area (Å²) < 4.78 is 0. The van der Waals surface area contributed by atoms with E-state index in [1.807, 2.05) is 60.7 Å². The van der Waals surface area contributed by atoms with Gasteiger partial charge in [0, 0.05) is 11.1 Å². The number of nitrogens with zero attached hydrogens (tertiary/aromatic N) is 1. The summed E-state index contributed by atoms with van der Waals surface area (Å²) in [6.07, 6.45) is 3.76. The summed E-state index contributed by atoms with van der Waals surface area (Å²) >= 11 is 0.